The fourth-order valence-corrected chi connectivity index (χ4v) is 5.11. The number of amides is 1. The highest BCUT2D eigenvalue weighted by atomic mass is 35.5. The molecule has 7 nitrogen and oxygen atoms in total. The van der Waals surface area contributed by atoms with Crippen LogP contribution in [0.1, 0.15) is 17.3 Å². The summed E-state index contributed by atoms with van der Waals surface area (Å²) in [7, 11) is -3.86. The lowest BCUT2D eigenvalue weighted by Crippen LogP contribution is -2.30. The molecule has 0 aliphatic rings. The second-order valence-corrected chi connectivity index (χ2v) is 10.0. The highest BCUT2D eigenvalue weighted by molar-refractivity contribution is 7.94. The van der Waals surface area contributed by atoms with Crippen LogP contribution in [0.4, 0.5) is 11.4 Å². The van der Waals surface area contributed by atoms with Crippen molar-refractivity contribution >= 4 is 67.8 Å². The molecule has 11 heteroatoms. The number of benzene rings is 2. The predicted octanol–water partition coefficient (Wildman–Crippen LogP) is 5.04. The first kappa shape index (κ1) is 23.1. The van der Waals surface area contributed by atoms with Crippen molar-refractivity contribution < 1.29 is 22.7 Å². The number of para-hydroxylation sites is 1. The lowest BCUT2D eigenvalue weighted by Gasteiger charge is -2.16. The average molecular weight is 499 g/mol. The van der Waals surface area contributed by atoms with Gasteiger partial charge in [-0.1, -0.05) is 41.4 Å². The van der Waals surface area contributed by atoms with Gasteiger partial charge >= 0.3 is 5.97 Å². The molecule has 3 aromatic rings. The van der Waals surface area contributed by atoms with Crippen LogP contribution in [0.3, 0.4) is 0 Å². The van der Waals surface area contributed by atoms with Crippen LogP contribution in [0, 0.1) is 0 Å². The molecule has 162 valence electrons. The van der Waals surface area contributed by atoms with E-state index in [4.69, 9.17) is 27.9 Å². The fourth-order valence-electron chi connectivity index (χ4n) is 2.51. The number of rotatable bonds is 7. The van der Waals surface area contributed by atoms with E-state index < -0.39 is 28.0 Å². The zero-order chi connectivity index (χ0) is 22.6. The van der Waals surface area contributed by atoms with Crippen LogP contribution in [0.25, 0.3) is 0 Å². The summed E-state index contributed by atoms with van der Waals surface area (Å²) in [5.41, 5.74) is 0.345. The Kier molecular flexibility index (Phi) is 7.22. The van der Waals surface area contributed by atoms with Gasteiger partial charge in [0.15, 0.2) is 6.10 Å². The van der Waals surface area contributed by atoms with Crippen molar-refractivity contribution in [3.63, 3.8) is 0 Å². The van der Waals surface area contributed by atoms with Crippen LogP contribution in [0.5, 0.6) is 0 Å². The minimum absolute atomic E-state index is 0.0342. The summed E-state index contributed by atoms with van der Waals surface area (Å²) < 4.78 is 32.7. The summed E-state index contributed by atoms with van der Waals surface area (Å²) in [6, 6.07) is 13.5. The summed E-state index contributed by atoms with van der Waals surface area (Å²) in [6.07, 6.45) is -1.17. The monoisotopic (exact) mass is 498 g/mol. The van der Waals surface area contributed by atoms with Gasteiger partial charge < -0.3 is 10.1 Å². The SMILES string of the molecule is C[C@H](OC(=O)c1ccccc1NS(=O)(=O)c1cccs1)C(=O)Nc1cc(Cl)cc(Cl)c1. The second-order valence-electron chi connectivity index (χ2n) is 6.28. The van der Waals surface area contributed by atoms with E-state index in [0.717, 1.165) is 11.3 Å². The topological polar surface area (TPSA) is 102 Å². The number of sulfonamides is 1. The Morgan fingerprint density at radius 3 is 2.35 bits per heavy atom. The summed E-state index contributed by atoms with van der Waals surface area (Å²) >= 11 is 12.9. The Labute approximate surface area is 193 Å². The number of carbonyl (C=O) groups excluding carboxylic acids is 2. The van der Waals surface area contributed by atoms with Crippen molar-refractivity contribution in [2.45, 2.75) is 17.2 Å². The van der Waals surface area contributed by atoms with Crippen LogP contribution in [-0.4, -0.2) is 26.4 Å². The molecule has 1 amide bonds. The van der Waals surface area contributed by atoms with Crippen LogP contribution < -0.4 is 10.0 Å². The van der Waals surface area contributed by atoms with E-state index in [1.807, 2.05) is 0 Å². The number of hydrogen-bond donors (Lipinski definition) is 2. The minimum atomic E-state index is -3.86. The van der Waals surface area contributed by atoms with Crippen molar-refractivity contribution in [3.8, 4) is 0 Å². The lowest BCUT2D eigenvalue weighted by atomic mass is 10.2. The first-order valence-corrected chi connectivity index (χ1v) is 11.9. The van der Waals surface area contributed by atoms with E-state index >= 15 is 0 Å². The molecular weight excluding hydrogens is 483 g/mol. The van der Waals surface area contributed by atoms with Gasteiger partial charge in [0.1, 0.15) is 4.21 Å². The number of hydrogen-bond acceptors (Lipinski definition) is 6. The van der Waals surface area contributed by atoms with Crippen molar-refractivity contribution in [1.82, 2.24) is 0 Å². The molecule has 31 heavy (non-hydrogen) atoms. The first-order valence-electron chi connectivity index (χ1n) is 8.79. The fraction of sp³-hybridized carbons (Fsp3) is 0.100. The number of carbonyl (C=O) groups is 2. The third-order valence-corrected chi connectivity index (χ3v) is 7.13. The maximum atomic E-state index is 12.6. The third kappa shape index (κ3) is 5.98. The van der Waals surface area contributed by atoms with E-state index in [9.17, 15) is 18.0 Å². The maximum Gasteiger partial charge on any atom is 0.341 e. The van der Waals surface area contributed by atoms with Crippen molar-refractivity contribution in [2.75, 3.05) is 10.0 Å². The molecule has 1 heterocycles. The molecule has 1 atom stereocenters. The molecular formula is C20H16Cl2N2O5S2. The van der Waals surface area contributed by atoms with Gasteiger partial charge in [-0.3, -0.25) is 9.52 Å². The van der Waals surface area contributed by atoms with Gasteiger partial charge in [-0.05, 0) is 48.7 Å². The predicted molar refractivity (Wildman–Crippen MR) is 122 cm³/mol. The van der Waals surface area contributed by atoms with Crippen LogP contribution in [-0.2, 0) is 19.6 Å². The standard InChI is InChI=1S/C20H16Cl2N2O5S2/c1-12(19(25)23-15-10-13(21)9-14(22)11-15)29-20(26)16-5-2-3-6-17(16)24-31(27,28)18-7-4-8-30-18/h2-12,24H,1H3,(H,23,25)/t12-/m0/s1. The van der Waals surface area contributed by atoms with Crippen molar-refractivity contribution in [1.29, 1.82) is 0 Å². The summed E-state index contributed by atoms with van der Waals surface area (Å²) in [4.78, 5) is 25.0. The zero-order valence-electron chi connectivity index (χ0n) is 16.0. The Balaban J connectivity index is 1.72. The molecule has 2 aromatic carbocycles. The molecule has 0 radical (unpaired) electrons. The zero-order valence-corrected chi connectivity index (χ0v) is 19.1. The molecule has 0 unspecified atom stereocenters. The van der Waals surface area contributed by atoms with E-state index in [-0.39, 0.29) is 15.5 Å². The quantitative estimate of drug-likeness (QED) is 0.444. The smallest absolute Gasteiger partial charge is 0.341 e. The molecule has 0 saturated carbocycles. The Morgan fingerprint density at radius 1 is 1.03 bits per heavy atom. The minimum Gasteiger partial charge on any atom is -0.449 e. The number of thiophene rings is 1. The summed E-state index contributed by atoms with van der Waals surface area (Å²) in [5.74, 6) is -1.47. The highest BCUT2D eigenvalue weighted by Crippen LogP contribution is 2.25. The lowest BCUT2D eigenvalue weighted by molar-refractivity contribution is -0.123. The number of nitrogens with one attached hydrogen (secondary N) is 2. The van der Waals surface area contributed by atoms with Crippen LogP contribution in [0.15, 0.2) is 64.2 Å². The number of halogens is 2. The van der Waals surface area contributed by atoms with E-state index in [1.165, 1.54) is 43.3 Å². The second kappa shape index (κ2) is 9.69. The molecule has 3 rings (SSSR count). The average Bonchev–Trinajstić information content (AvgIpc) is 3.23. The van der Waals surface area contributed by atoms with E-state index in [2.05, 4.69) is 10.0 Å². The molecule has 0 spiro atoms. The third-order valence-electron chi connectivity index (χ3n) is 3.93. The van der Waals surface area contributed by atoms with Crippen molar-refractivity contribution in [3.05, 3.63) is 75.6 Å². The Hall–Kier alpha value is -2.59. The normalized spacial score (nSPS) is 12.1. The van der Waals surface area contributed by atoms with Gasteiger partial charge in [0.05, 0.1) is 11.3 Å². The van der Waals surface area contributed by atoms with Gasteiger partial charge in [0.2, 0.25) is 0 Å². The molecule has 0 saturated heterocycles. The van der Waals surface area contributed by atoms with Crippen LogP contribution in [0.2, 0.25) is 10.0 Å². The Bertz CT molecular complexity index is 1190. The highest BCUT2D eigenvalue weighted by Gasteiger charge is 2.23. The van der Waals surface area contributed by atoms with Crippen molar-refractivity contribution in [2.24, 2.45) is 0 Å². The number of anilines is 2. The van der Waals surface area contributed by atoms with E-state index in [0.29, 0.717) is 15.7 Å². The first-order chi connectivity index (χ1) is 14.7. The van der Waals surface area contributed by atoms with Gasteiger partial charge in [-0.15, -0.1) is 11.3 Å². The molecule has 0 bridgehead atoms. The largest absolute Gasteiger partial charge is 0.449 e. The summed E-state index contributed by atoms with van der Waals surface area (Å²) in [5, 5.41) is 4.85. The molecule has 0 aliphatic carbocycles. The van der Waals surface area contributed by atoms with Gasteiger partial charge in [-0.2, -0.15) is 0 Å². The van der Waals surface area contributed by atoms with E-state index in [1.54, 1.807) is 23.6 Å². The Morgan fingerprint density at radius 2 is 1.71 bits per heavy atom. The number of esters is 1. The molecule has 0 aliphatic heterocycles. The molecule has 2 N–H and O–H groups in total. The van der Waals surface area contributed by atoms with Crippen LogP contribution >= 0.6 is 34.5 Å². The van der Waals surface area contributed by atoms with Gasteiger partial charge in [-0.25, -0.2) is 13.2 Å². The summed E-state index contributed by atoms with van der Waals surface area (Å²) in [6.45, 7) is 1.39. The molecule has 0 fully saturated rings. The molecule has 1 aromatic heterocycles. The van der Waals surface area contributed by atoms with Gasteiger partial charge in [0.25, 0.3) is 15.9 Å². The van der Waals surface area contributed by atoms with Gasteiger partial charge in [0, 0.05) is 15.7 Å². The number of ether oxygens (including phenoxy) is 1. The maximum absolute atomic E-state index is 12.6.